The Morgan fingerprint density at radius 2 is 2.14 bits per heavy atom. The normalized spacial score (nSPS) is 36.0. The lowest BCUT2D eigenvalue weighted by Crippen LogP contribution is -2.52. The summed E-state index contributed by atoms with van der Waals surface area (Å²) in [6.07, 6.45) is 4.19. The fourth-order valence-electron chi connectivity index (χ4n) is 3.07. The first-order valence-electron chi connectivity index (χ1n) is 6.00. The lowest BCUT2D eigenvalue weighted by atomic mass is 9.66. The van der Waals surface area contributed by atoms with E-state index in [-0.39, 0.29) is 0 Å². The van der Waals surface area contributed by atoms with Crippen molar-refractivity contribution < 1.29 is 0 Å². The summed E-state index contributed by atoms with van der Waals surface area (Å²) in [5.41, 5.74) is 0.570. The van der Waals surface area contributed by atoms with Gasteiger partial charge in [0.25, 0.3) is 0 Å². The summed E-state index contributed by atoms with van der Waals surface area (Å²) in [5.74, 6) is 0.899. The third-order valence-electron chi connectivity index (χ3n) is 4.20. The van der Waals surface area contributed by atoms with E-state index in [1.807, 2.05) is 0 Å². The Hall–Kier alpha value is -0.0800. The second kappa shape index (κ2) is 3.82. The predicted octanol–water partition coefficient (Wildman–Crippen LogP) is 1.72. The molecule has 1 aliphatic heterocycles. The van der Waals surface area contributed by atoms with E-state index in [1.165, 1.54) is 38.9 Å². The maximum Gasteiger partial charge on any atom is 0.0144 e. The molecule has 0 bridgehead atoms. The van der Waals surface area contributed by atoms with E-state index in [1.54, 1.807) is 0 Å². The van der Waals surface area contributed by atoms with Crippen molar-refractivity contribution >= 4 is 0 Å². The molecule has 2 atom stereocenters. The number of hydrogen-bond acceptors (Lipinski definition) is 2. The zero-order valence-corrected chi connectivity index (χ0v) is 9.84. The molecule has 2 nitrogen and oxygen atoms in total. The first kappa shape index (κ1) is 10.4. The van der Waals surface area contributed by atoms with Crippen LogP contribution in [-0.4, -0.2) is 37.6 Å². The molecular formula is C12H24N2. The molecule has 1 aliphatic carbocycles. The lowest BCUT2D eigenvalue weighted by molar-refractivity contribution is 0.00916. The van der Waals surface area contributed by atoms with Gasteiger partial charge in [-0.15, -0.1) is 0 Å². The predicted molar refractivity (Wildman–Crippen MR) is 60.4 cm³/mol. The van der Waals surface area contributed by atoms with E-state index in [9.17, 15) is 0 Å². The standard InChI is InChI=1S/C12H24N2/c1-12(2)6-4-11(12)14(3)9-10-5-7-13-8-10/h10-11,13H,4-9H2,1-3H3/t10-,11?/m0/s1. The molecule has 2 heteroatoms. The third-order valence-corrected chi connectivity index (χ3v) is 4.20. The topological polar surface area (TPSA) is 15.3 Å². The van der Waals surface area contributed by atoms with Crippen LogP contribution in [0.2, 0.25) is 0 Å². The van der Waals surface area contributed by atoms with Crippen molar-refractivity contribution in [2.24, 2.45) is 11.3 Å². The van der Waals surface area contributed by atoms with E-state index >= 15 is 0 Å². The molecule has 2 aliphatic rings. The minimum Gasteiger partial charge on any atom is -0.316 e. The first-order chi connectivity index (χ1) is 6.59. The summed E-state index contributed by atoms with van der Waals surface area (Å²) >= 11 is 0. The van der Waals surface area contributed by atoms with Gasteiger partial charge in [-0.05, 0) is 50.7 Å². The van der Waals surface area contributed by atoms with Crippen LogP contribution in [0.3, 0.4) is 0 Å². The molecule has 2 rings (SSSR count). The lowest BCUT2D eigenvalue weighted by Gasteiger charge is -2.50. The summed E-state index contributed by atoms with van der Waals surface area (Å²) in [4.78, 5) is 2.60. The van der Waals surface area contributed by atoms with Crippen molar-refractivity contribution in [1.82, 2.24) is 10.2 Å². The summed E-state index contributed by atoms with van der Waals surface area (Å²) in [7, 11) is 2.31. The SMILES string of the molecule is CN(C[C@H]1CCNC1)C1CCC1(C)C. The quantitative estimate of drug-likeness (QED) is 0.739. The Balaban J connectivity index is 1.80. The largest absolute Gasteiger partial charge is 0.316 e. The molecular weight excluding hydrogens is 172 g/mol. The van der Waals surface area contributed by atoms with E-state index in [0.717, 1.165) is 12.0 Å². The molecule has 1 unspecified atom stereocenters. The maximum absolute atomic E-state index is 3.45. The smallest absolute Gasteiger partial charge is 0.0144 e. The van der Waals surface area contributed by atoms with Gasteiger partial charge in [-0.1, -0.05) is 13.8 Å². The number of nitrogens with one attached hydrogen (secondary N) is 1. The van der Waals surface area contributed by atoms with E-state index in [2.05, 4.69) is 31.1 Å². The van der Waals surface area contributed by atoms with Crippen molar-refractivity contribution in [2.45, 2.75) is 39.2 Å². The molecule has 0 amide bonds. The Bertz CT molecular complexity index is 194. The molecule has 2 fully saturated rings. The van der Waals surface area contributed by atoms with Crippen molar-refractivity contribution in [3.8, 4) is 0 Å². The van der Waals surface area contributed by atoms with Crippen LogP contribution in [0.4, 0.5) is 0 Å². The first-order valence-corrected chi connectivity index (χ1v) is 6.00. The molecule has 1 N–H and O–H groups in total. The van der Waals surface area contributed by atoms with Crippen LogP contribution in [-0.2, 0) is 0 Å². The molecule has 1 heterocycles. The van der Waals surface area contributed by atoms with Crippen LogP contribution in [0.1, 0.15) is 33.1 Å². The fraction of sp³-hybridized carbons (Fsp3) is 1.00. The van der Waals surface area contributed by atoms with Gasteiger partial charge in [-0.25, -0.2) is 0 Å². The van der Waals surface area contributed by atoms with Gasteiger partial charge >= 0.3 is 0 Å². The van der Waals surface area contributed by atoms with Gasteiger partial charge in [0.1, 0.15) is 0 Å². The van der Waals surface area contributed by atoms with Crippen molar-refractivity contribution in [2.75, 3.05) is 26.7 Å². The highest BCUT2D eigenvalue weighted by Crippen LogP contribution is 2.43. The molecule has 1 saturated heterocycles. The second-order valence-electron chi connectivity index (χ2n) is 5.84. The zero-order valence-electron chi connectivity index (χ0n) is 9.84. The molecule has 82 valence electrons. The Labute approximate surface area is 88.1 Å². The van der Waals surface area contributed by atoms with Crippen molar-refractivity contribution in [3.05, 3.63) is 0 Å². The summed E-state index contributed by atoms with van der Waals surface area (Å²) in [5, 5.41) is 3.45. The molecule has 0 aromatic rings. The summed E-state index contributed by atoms with van der Waals surface area (Å²) < 4.78 is 0. The van der Waals surface area contributed by atoms with Crippen LogP contribution < -0.4 is 5.32 Å². The molecule has 14 heavy (non-hydrogen) atoms. The van der Waals surface area contributed by atoms with Gasteiger partial charge in [-0.2, -0.15) is 0 Å². The number of rotatable bonds is 3. The van der Waals surface area contributed by atoms with E-state index in [4.69, 9.17) is 0 Å². The van der Waals surface area contributed by atoms with Crippen LogP contribution in [0, 0.1) is 11.3 Å². The highest BCUT2D eigenvalue weighted by Gasteiger charge is 2.41. The number of nitrogens with zero attached hydrogens (tertiary/aromatic N) is 1. The van der Waals surface area contributed by atoms with Crippen LogP contribution in [0.25, 0.3) is 0 Å². The monoisotopic (exact) mass is 196 g/mol. The van der Waals surface area contributed by atoms with Gasteiger partial charge < -0.3 is 10.2 Å². The van der Waals surface area contributed by atoms with Gasteiger partial charge in [0.2, 0.25) is 0 Å². The van der Waals surface area contributed by atoms with Crippen LogP contribution in [0.5, 0.6) is 0 Å². The second-order valence-corrected chi connectivity index (χ2v) is 5.84. The van der Waals surface area contributed by atoms with E-state index < -0.39 is 0 Å². The molecule has 0 aromatic carbocycles. The van der Waals surface area contributed by atoms with Gasteiger partial charge in [0.05, 0.1) is 0 Å². The summed E-state index contributed by atoms with van der Waals surface area (Å²) in [6, 6.07) is 0.836. The molecule has 1 saturated carbocycles. The van der Waals surface area contributed by atoms with Crippen molar-refractivity contribution in [3.63, 3.8) is 0 Å². The average Bonchev–Trinajstić information content (AvgIpc) is 2.55. The number of hydrogen-bond donors (Lipinski definition) is 1. The van der Waals surface area contributed by atoms with Crippen molar-refractivity contribution in [1.29, 1.82) is 0 Å². The molecule has 0 radical (unpaired) electrons. The van der Waals surface area contributed by atoms with Gasteiger partial charge in [0, 0.05) is 12.6 Å². The van der Waals surface area contributed by atoms with Crippen LogP contribution in [0.15, 0.2) is 0 Å². The average molecular weight is 196 g/mol. The molecule has 0 aromatic heterocycles. The van der Waals surface area contributed by atoms with Gasteiger partial charge in [0.15, 0.2) is 0 Å². The molecule has 0 spiro atoms. The van der Waals surface area contributed by atoms with Gasteiger partial charge in [-0.3, -0.25) is 0 Å². The van der Waals surface area contributed by atoms with E-state index in [0.29, 0.717) is 5.41 Å². The minimum absolute atomic E-state index is 0.570. The zero-order chi connectivity index (χ0) is 10.2. The minimum atomic E-state index is 0.570. The summed E-state index contributed by atoms with van der Waals surface area (Å²) in [6.45, 7) is 8.57. The van der Waals surface area contributed by atoms with Crippen LogP contribution >= 0.6 is 0 Å². The third kappa shape index (κ3) is 1.96. The highest BCUT2D eigenvalue weighted by atomic mass is 15.2. The Morgan fingerprint density at radius 3 is 2.57 bits per heavy atom. The Morgan fingerprint density at radius 1 is 1.36 bits per heavy atom. The maximum atomic E-state index is 3.45. The highest BCUT2D eigenvalue weighted by molar-refractivity contribution is 4.95. The fourth-order valence-corrected chi connectivity index (χ4v) is 3.07. The Kier molecular flexibility index (Phi) is 2.85.